The van der Waals surface area contributed by atoms with Gasteiger partial charge in [0.2, 0.25) is 0 Å². The van der Waals surface area contributed by atoms with Gasteiger partial charge in [0, 0.05) is 17.7 Å². The molecule has 2 aromatic rings. The molecule has 0 N–H and O–H groups in total. The molecule has 0 aliphatic rings. The van der Waals surface area contributed by atoms with Gasteiger partial charge in [-0.25, -0.2) is 4.79 Å². The summed E-state index contributed by atoms with van der Waals surface area (Å²) >= 11 is 0. The van der Waals surface area contributed by atoms with Gasteiger partial charge >= 0.3 is 23.9 Å². The monoisotopic (exact) mass is 911 g/mol. The molecule has 0 aromatic heterocycles. The second kappa shape index (κ2) is 21.5. The predicted molar refractivity (Wildman–Crippen MR) is 265 cm³/mol. The highest BCUT2D eigenvalue weighted by molar-refractivity contribution is 5.89. The highest BCUT2D eigenvalue weighted by Gasteiger charge is 2.50. The molecule has 2 rings (SSSR count). The molecule has 0 saturated carbocycles. The number of esters is 4. The highest BCUT2D eigenvalue weighted by atomic mass is 16.6. The lowest BCUT2D eigenvalue weighted by Crippen LogP contribution is -2.45. The second-order valence-corrected chi connectivity index (χ2v) is 24.9. The van der Waals surface area contributed by atoms with E-state index in [1.807, 2.05) is 41.5 Å². The molecule has 0 aliphatic carbocycles. The lowest BCUT2D eigenvalue weighted by atomic mass is 9.61. The molecular formula is C55H90O10. The van der Waals surface area contributed by atoms with E-state index in [1.165, 1.54) is 20.3 Å². The second-order valence-electron chi connectivity index (χ2n) is 24.9. The molecule has 0 amide bonds. The molecule has 370 valence electrons. The Bertz CT molecular complexity index is 1970. The fourth-order valence-electron chi connectivity index (χ4n) is 7.54. The van der Waals surface area contributed by atoms with Crippen LogP contribution in [-0.2, 0) is 19.2 Å². The number of carbonyl (C=O) groups excluding carboxylic acids is 4. The van der Waals surface area contributed by atoms with E-state index in [-0.39, 0.29) is 74.9 Å². The average Bonchev–Trinajstić information content (AvgIpc) is 3.09. The van der Waals surface area contributed by atoms with Gasteiger partial charge in [-0.05, 0) is 104 Å². The van der Waals surface area contributed by atoms with Crippen LogP contribution in [0, 0.1) is 48.7 Å². The number of hydrogen-bond donors (Lipinski definition) is 0. The van der Waals surface area contributed by atoms with Crippen LogP contribution in [0.3, 0.4) is 0 Å². The third-order valence-corrected chi connectivity index (χ3v) is 12.4. The van der Waals surface area contributed by atoms with Gasteiger partial charge in [0.05, 0.1) is 30.5 Å². The Morgan fingerprint density at radius 1 is 0.431 bits per heavy atom. The maximum atomic E-state index is 13.5. The molecule has 0 saturated heterocycles. The molecule has 3 unspecified atom stereocenters. The quantitative estimate of drug-likeness (QED) is 0.109. The zero-order valence-corrected chi connectivity index (χ0v) is 44.4. The molecule has 10 nitrogen and oxygen atoms in total. The van der Waals surface area contributed by atoms with Crippen molar-refractivity contribution in [1.82, 2.24) is 0 Å². The molecular weight excluding hydrogens is 821 g/mol. The average molecular weight is 911 g/mol. The Hall–Kier alpha value is -4.34. The zero-order chi connectivity index (χ0) is 50.5. The van der Waals surface area contributed by atoms with Crippen LogP contribution >= 0.6 is 0 Å². The van der Waals surface area contributed by atoms with Crippen molar-refractivity contribution < 1.29 is 47.6 Å². The van der Waals surface area contributed by atoms with Crippen LogP contribution in [-0.4, -0.2) is 38.1 Å². The van der Waals surface area contributed by atoms with Gasteiger partial charge in [-0.1, -0.05) is 139 Å². The largest absolute Gasteiger partial charge is 0.493 e. The predicted octanol–water partition coefficient (Wildman–Crippen LogP) is 14.7. The van der Waals surface area contributed by atoms with E-state index in [4.69, 9.17) is 28.4 Å². The van der Waals surface area contributed by atoms with Crippen molar-refractivity contribution in [2.75, 3.05) is 14.2 Å². The zero-order valence-electron chi connectivity index (χ0n) is 44.4. The minimum Gasteiger partial charge on any atom is -0.493 e. The minimum absolute atomic E-state index is 0. The molecule has 3 atom stereocenters. The minimum atomic E-state index is -0.719. The van der Waals surface area contributed by atoms with Gasteiger partial charge in [0.25, 0.3) is 0 Å². The molecule has 0 heterocycles. The van der Waals surface area contributed by atoms with Gasteiger partial charge in [-0.2, -0.15) is 0 Å². The Labute approximate surface area is 395 Å². The summed E-state index contributed by atoms with van der Waals surface area (Å²) in [5.74, 6) is 0.443. The van der Waals surface area contributed by atoms with E-state index < -0.39 is 22.2 Å². The third kappa shape index (κ3) is 16.8. The molecule has 0 fully saturated rings. The van der Waals surface area contributed by atoms with Gasteiger partial charge in [0.1, 0.15) is 11.5 Å². The first kappa shape index (κ1) is 60.7. The van der Waals surface area contributed by atoms with E-state index in [0.29, 0.717) is 42.3 Å². The molecule has 0 bridgehead atoms. The van der Waals surface area contributed by atoms with Crippen molar-refractivity contribution in [2.45, 2.75) is 179 Å². The highest BCUT2D eigenvalue weighted by Crippen LogP contribution is 2.51. The van der Waals surface area contributed by atoms with E-state index in [9.17, 15) is 19.2 Å². The van der Waals surface area contributed by atoms with Gasteiger partial charge < -0.3 is 28.4 Å². The van der Waals surface area contributed by atoms with Crippen LogP contribution in [0.5, 0.6) is 34.5 Å². The van der Waals surface area contributed by atoms with E-state index in [0.717, 1.165) is 0 Å². The smallest absolute Gasteiger partial charge is 0.338 e. The first-order valence-electron chi connectivity index (χ1n) is 22.4. The topological polar surface area (TPSA) is 124 Å². The first-order valence-corrected chi connectivity index (χ1v) is 22.4. The fourth-order valence-corrected chi connectivity index (χ4v) is 7.54. The van der Waals surface area contributed by atoms with Crippen molar-refractivity contribution >= 4 is 23.9 Å². The molecule has 65 heavy (non-hydrogen) atoms. The van der Waals surface area contributed by atoms with Gasteiger partial charge in [-0.3, -0.25) is 14.4 Å². The van der Waals surface area contributed by atoms with Crippen LogP contribution in [0.2, 0.25) is 0 Å². The number of benzene rings is 2. The third-order valence-electron chi connectivity index (χ3n) is 12.4. The fraction of sp³-hybridized carbons (Fsp3) is 0.673. The van der Waals surface area contributed by atoms with E-state index in [2.05, 4.69) is 110 Å². The number of methoxy groups -OCH3 is 2. The Kier molecular flexibility index (Phi) is 20.1. The number of carbonyl (C=O) groups is 4. The molecule has 10 heteroatoms. The number of rotatable bonds is 13. The lowest BCUT2D eigenvalue weighted by molar-refractivity contribution is -0.155. The van der Waals surface area contributed by atoms with Gasteiger partial charge in [-0.15, -0.1) is 0 Å². The SMILES string of the molecule is C.C=C(C)C(=O)Oc1ccc(OC(=O)C(C)(CC(C)(C)C)C(C)(C)C)c(OC)c1.COc1cc(OC(=O)C(C)(CC(C)(C)C)C(C)(C)C)ccc1OC(=O)C(C)(CC(C)(C)C)C(C)(C)C. The lowest BCUT2D eigenvalue weighted by Gasteiger charge is -2.43. The summed E-state index contributed by atoms with van der Waals surface area (Å²) in [5, 5.41) is 0. The summed E-state index contributed by atoms with van der Waals surface area (Å²) in [6.45, 7) is 48.5. The van der Waals surface area contributed by atoms with E-state index in [1.54, 1.807) is 37.3 Å². The Morgan fingerprint density at radius 2 is 0.692 bits per heavy atom. The number of ether oxygens (including phenoxy) is 6. The van der Waals surface area contributed by atoms with Crippen LogP contribution in [0.4, 0.5) is 0 Å². The van der Waals surface area contributed by atoms with Crippen LogP contribution < -0.4 is 28.4 Å². The summed E-state index contributed by atoms with van der Waals surface area (Å²) < 4.78 is 33.6. The maximum absolute atomic E-state index is 13.5. The summed E-state index contributed by atoms with van der Waals surface area (Å²) in [6, 6.07) is 9.54. The molecule has 0 aliphatic heterocycles. The van der Waals surface area contributed by atoms with Gasteiger partial charge in [0.15, 0.2) is 23.0 Å². The normalized spacial score (nSPS) is 15.2. The molecule has 2 aromatic carbocycles. The van der Waals surface area contributed by atoms with Crippen molar-refractivity contribution in [3.05, 3.63) is 48.6 Å². The van der Waals surface area contributed by atoms with Crippen LogP contribution in [0.1, 0.15) is 179 Å². The number of hydrogen-bond acceptors (Lipinski definition) is 10. The Morgan fingerprint density at radius 3 is 0.923 bits per heavy atom. The van der Waals surface area contributed by atoms with Crippen molar-refractivity contribution in [2.24, 2.45) is 48.7 Å². The Balaban J connectivity index is 0.00000128. The standard InChI is InChI=1S/C31H52O5.C23H34O5.CH4/c1-26(2,3)19-30(13,28(7,8)9)24(32)35-21-16-17-22(23(18-21)34-15)36-25(33)31(14,29(10,11)12)20-27(4,5)6;1-15(2)19(24)27-16-11-12-17(18(13-16)26-10)28-20(25)23(9,22(6,7)8)14-21(3,4)5;/h16-18H,19-20H2,1-15H3;11-13H,1,14H2,2-10H3;1H4. The molecule has 0 radical (unpaired) electrons. The summed E-state index contributed by atoms with van der Waals surface area (Å²) in [7, 11) is 2.98. The first-order chi connectivity index (χ1) is 28.5. The summed E-state index contributed by atoms with van der Waals surface area (Å²) in [5.41, 5.74) is -2.92. The molecule has 0 spiro atoms. The van der Waals surface area contributed by atoms with Crippen LogP contribution in [0.25, 0.3) is 0 Å². The van der Waals surface area contributed by atoms with Crippen molar-refractivity contribution in [3.63, 3.8) is 0 Å². The summed E-state index contributed by atoms with van der Waals surface area (Å²) in [4.78, 5) is 51.9. The van der Waals surface area contributed by atoms with Crippen molar-refractivity contribution in [1.29, 1.82) is 0 Å². The van der Waals surface area contributed by atoms with E-state index >= 15 is 0 Å². The summed E-state index contributed by atoms with van der Waals surface area (Å²) in [6.07, 6.45) is 2.01. The maximum Gasteiger partial charge on any atom is 0.338 e. The van der Waals surface area contributed by atoms with Crippen molar-refractivity contribution in [3.8, 4) is 34.5 Å². The van der Waals surface area contributed by atoms with Crippen LogP contribution in [0.15, 0.2) is 48.6 Å².